The van der Waals surface area contributed by atoms with Crippen molar-refractivity contribution < 1.29 is 9.18 Å². The molecule has 1 amide bonds. The van der Waals surface area contributed by atoms with E-state index in [4.69, 9.17) is 4.98 Å². The number of anilines is 1. The van der Waals surface area contributed by atoms with Crippen molar-refractivity contribution in [2.75, 3.05) is 31.1 Å². The van der Waals surface area contributed by atoms with Gasteiger partial charge < -0.3 is 9.80 Å². The Morgan fingerprint density at radius 2 is 1.75 bits per heavy atom. The van der Waals surface area contributed by atoms with Gasteiger partial charge in [0, 0.05) is 35.9 Å². The highest BCUT2D eigenvalue weighted by Gasteiger charge is 2.33. The van der Waals surface area contributed by atoms with Gasteiger partial charge in [-0.1, -0.05) is 6.07 Å². The summed E-state index contributed by atoms with van der Waals surface area (Å²) in [6, 6.07) is 7.17. The van der Waals surface area contributed by atoms with Gasteiger partial charge in [-0.3, -0.25) is 4.79 Å². The molecule has 2 heterocycles. The van der Waals surface area contributed by atoms with Crippen LogP contribution in [0.5, 0.6) is 0 Å². The summed E-state index contributed by atoms with van der Waals surface area (Å²) < 4.78 is 15.0. The molecule has 4 nitrogen and oxygen atoms in total. The summed E-state index contributed by atoms with van der Waals surface area (Å²) in [4.78, 5) is 21.6. The van der Waals surface area contributed by atoms with Crippen LogP contribution in [0.1, 0.15) is 59.0 Å². The fraction of sp³-hybridized carbons (Fsp3) is 0.455. The van der Waals surface area contributed by atoms with Crippen LogP contribution >= 0.6 is 22.6 Å². The van der Waals surface area contributed by atoms with Gasteiger partial charge in [0.25, 0.3) is 5.91 Å². The molecule has 1 aliphatic heterocycles. The minimum Gasteiger partial charge on any atom is -0.353 e. The topological polar surface area (TPSA) is 36.4 Å². The molecule has 28 heavy (non-hydrogen) atoms. The number of nitrogens with zero attached hydrogens (tertiary/aromatic N) is 3. The molecule has 2 saturated carbocycles. The molecular weight excluding hydrogens is 468 g/mol. The monoisotopic (exact) mass is 491 g/mol. The third-order valence-corrected chi connectivity index (χ3v) is 6.68. The number of halogens is 2. The average Bonchev–Trinajstić information content (AvgIpc) is 3.60. The van der Waals surface area contributed by atoms with E-state index in [1.165, 1.54) is 42.9 Å². The van der Waals surface area contributed by atoms with Crippen molar-refractivity contribution in [3.63, 3.8) is 0 Å². The van der Waals surface area contributed by atoms with Crippen molar-refractivity contribution in [3.05, 3.63) is 56.5 Å². The largest absolute Gasteiger partial charge is 0.353 e. The highest BCUT2D eigenvalue weighted by molar-refractivity contribution is 14.1. The lowest BCUT2D eigenvalue weighted by Gasteiger charge is -2.36. The summed E-state index contributed by atoms with van der Waals surface area (Å²) in [7, 11) is 0. The summed E-state index contributed by atoms with van der Waals surface area (Å²) in [5, 5.41) is 0. The molecule has 2 aliphatic carbocycles. The molecule has 0 spiro atoms. The Balaban J connectivity index is 1.30. The number of benzene rings is 1. The third-order valence-electron chi connectivity index (χ3n) is 6.01. The number of hydrogen-bond donors (Lipinski definition) is 0. The van der Waals surface area contributed by atoms with Crippen molar-refractivity contribution in [3.8, 4) is 0 Å². The zero-order valence-corrected chi connectivity index (χ0v) is 17.9. The highest BCUT2D eigenvalue weighted by Crippen LogP contribution is 2.47. The summed E-state index contributed by atoms with van der Waals surface area (Å²) >= 11 is 2.05. The lowest BCUT2D eigenvalue weighted by atomic mass is 10.1. The van der Waals surface area contributed by atoms with Crippen LogP contribution in [0.2, 0.25) is 0 Å². The predicted octanol–water partition coefficient (Wildman–Crippen LogP) is 4.54. The summed E-state index contributed by atoms with van der Waals surface area (Å²) in [5.41, 5.74) is 2.96. The third kappa shape index (κ3) is 3.63. The van der Waals surface area contributed by atoms with Crippen LogP contribution in [-0.4, -0.2) is 42.0 Å². The number of aromatic nitrogens is 1. The van der Waals surface area contributed by atoms with Crippen LogP contribution in [0.25, 0.3) is 0 Å². The molecule has 146 valence electrons. The zero-order valence-electron chi connectivity index (χ0n) is 15.7. The maximum absolute atomic E-state index is 14.2. The first-order chi connectivity index (χ1) is 13.6. The lowest BCUT2D eigenvalue weighted by Crippen LogP contribution is -2.49. The first-order valence-corrected chi connectivity index (χ1v) is 11.2. The van der Waals surface area contributed by atoms with E-state index in [1.54, 1.807) is 17.0 Å². The Labute approximate surface area is 178 Å². The number of amides is 1. The van der Waals surface area contributed by atoms with Gasteiger partial charge in [0.15, 0.2) is 0 Å². The minimum atomic E-state index is -0.437. The number of piperazine rings is 1. The van der Waals surface area contributed by atoms with Crippen LogP contribution in [0.4, 0.5) is 10.2 Å². The molecule has 3 aliphatic rings. The Bertz CT molecular complexity index is 918. The van der Waals surface area contributed by atoms with Crippen LogP contribution in [0, 0.1) is 9.39 Å². The minimum absolute atomic E-state index is 0.166. The maximum Gasteiger partial charge on any atom is 0.256 e. The van der Waals surface area contributed by atoms with Crippen LogP contribution in [-0.2, 0) is 0 Å². The van der Waals surface area contributed by atoms with E-state index in [9.17, 15) is 9.18 Å². The van der Waals surface area contributed by atoms with Gasteiger partial charge in [-0.15, -0.1) is 0 Å². The molecule has 1 aromatic carbocycles. The lowest BCUT2D eigenvalue weighted by molar-refractivity contribution is 0.0741. The fourth-order valence-corrected chi connectivity index (χ4v) is 4.50. The first-order valence-electron chi connectivity index (χ1n) is 10.1. The smallest absolute Gasteiger partial charge is 0.256 e. The van der Waals surface area contributed by atoms with Crippen molar-refractivity contribution in [2.24, 2.45) is 0 Å². The number of hydrogen-bond acceptors (Lipinski definition) is 3. The maximum atomic E-state index is 14.2. The molecule has 0 bridgehead atoms. The van der Waals surface area contributed by atoms with Gasteiger partial charge in [0.2, 0.25) is 0 Å². The van der Waals surface area contributed by atoms with Crippen molar-refractivity contribution >= 4 is 34.3 Å². The van der Waals surface area contributed by atoms with E-state index in [2.05, 4.69) is 39.8 Å². The summed E-state index contributed by atoms with van der Waals surface area (Å²) in [6.45, 7) is 2.68. The van der Waals surface area contributed by atoms with Gasteiger partial charge >= 0.3 is 0 Å². The predicted molar refractivity (Wildman–Crippen MR) is 115 cm³/mol. The molecule has 0 N–H and O–H groups in total. The van der Waals surface area contributed by atoms with Crippen LogP contribution in [0.3, 0.4) is 0 Å². The molecule has 1 aromatic heterocycles. The normalized spacial score (nSPS) is 19.8. The van der Waals surface area contributed by atoms with Gasteiger partial charge in [0.05, 0.1) is 5.56 Å². The Morgan fingerprint density at radius 3 is 2.39 bits per heavy atom. The summed E-state index contributed by atoms with van der Waals surface area (Å²) in [6.07, 6.45) is 7.15. The summed E-state index contributed by atoms with van der Waals surface area (Å²) in [5.74, 6) is 1.82. The molecule has 5 rings (SSSR count). The number of pyridine rings is 1. The molecule has 0 atom stereocenters. The van der Waals surface area contributed by atoms with Crippen LogP contribution < -0.4 is 4.90 Å². The second kappa shape index (κ2) is 7.28. The molecule has 1 saturated heterocycles. The molecule has 3 fully saturated rings. The highest BCUT2D eigenvalue weighted by atomic mass is 127. The van der Waals surface area contributed by atoms with E-state index in [-0.39, 0.29) is 11.5 Å². The SMILES string of the molecule is O=C(c1ccc(I)cc1F)N1CCN(c2ncc(C3CC3)cc2C2CC2)CC1. The fourth-order valence-electron chi connectivity index (χ4n) is 4.05. The molecule has 6 heteroatoms. The number of carbonyl (C=O) groups excluding carboxylic acids is 1. The number of carbonyl (C=O) groups is 1. The van der Waals surface area contributed by atoms with E-state index >= 15 is 0 Å². The van der Waals surface area contributed by atoms with Crippen molar-refractivity contribution in [1.29, 1.82) is 0 Å². The van der Waals surface area contributed by atoms with Gasteiger partial charge in [-0.25, -0.2) is 9.37 Å². The molecular formula is C22H23FIN3O. The average molecular weight is 491 g/mol. The number of rotatable bonds is 4. The second-order valence-electron chi connectivity index (χ2n) is 8.13. The molecule has 2 aromatic rings. The second-order valence-corrected chi connectivity index (χ2v) is 9.38. The van der Waals surface area contributed by atoms with Gasteiger partial charge in [-0.2, -0.15) is 0 Å². The van der Waals surface area contributed by atoms with Crippen molar-refractivity contribution in [2.45, 2.75) is 37.5 Å². The van der Waals surface area contributed by atoms with Gasteiger partial charge in [-0.05, 0) is 89.4 Å². The van der Waals surface area contributed by atoms with E-state index in [0.717, 1.165) is 28.4 Å². The van der Waals surface area contributed by atoms with E-state index in [0.29, 0.717) is 19.0 Å². The zero-order chi connectivity index (χ0) is 19.3. The Kier molecular flexibility index (Phi) is 4.77. The molecule has 0 unspecified atom stereocenters. The quantitative estimate of drug-likeness (QED) is 0.590. The van der Waals surface area contributed by atoms with E-state index in [1.807, 2.05) is 0 Å². The van der Waals surface area contributed by atoms with Gasteiger partial charge in [0.1, 0.15) is 11.6 Å². The molecule has 0 radical (unpaired) electrons. The first kappa shape index (κ1) is 18.3. The van der Waals surface area contributed by atoms with Crippen LogP contribution in [0.15, 0.2) is 30.5 Å². The Hall–Kier alpha value is -1.70. The van der Waals surface area contributed by atoms with Crippen molar-refractivity contribution in [1.82, 2.24) is 9.88 Å². The Morgan fingerprint density at radius 1 is 1.04 bits per heavy atom. The van der Waals surface area contributed by atoms with E-state index < -0.39 is 5.82 Å². The standard InChI is InChI=1S/C22H23FIN3O/c23-20-12-17(24)5-6-18(20)22(28)27-9-7-26(8-10-27)21-19(15-3-4-15)11-16(13-25-21)14-1-2-14/h5-6,11-15H,1-4,7-10H2.